The number of nitrogen functional groups attached to an aromatic ring is 1. The number of imidazole rings is 1. The lowest BCUT2D eigenvalue weighted by Gasteiger charge is -2.04. The molecule has 2 heterocycles. The number of hydrogen-bond acceptors (Lipinski definition) is 5. The van der Waals surface area contributed by atoms with Gasteiger partial charge in [-0.25, -0.2) is 19.3 Å². The van der Waals surface area contributed by atoms with Gasteiger partial charge in [-0.3, -0.25) is 0 Å². The normalized spacial score (nSPS) is 10.9. The van der Waals surface area contributed by atoms with Crippen LogP contribution in [0.25, 0.3) is 11.2 Å². The minimum atomic E-state index is -0.355. The van der Waals surface area contributed by atoms with Gasteiger partial charge in [0.05, 0.1) is 6.33 Å². The van der Waals surface area contributed by atoms with E-state index >= 15 is 0 Å². The number of aromatic nitrogens is 4. The van der Waals surface area contributed by atoms with Gasteiger partial charge >= 0.3 is 0 Å². The fourth-order valence-electron chi connectivity index (χ4n) is 1.54. The zero-order chi connectivity index (χ0) is 12.5. The molecule has 0 aliphatic carbocycles. The van der Waals surface area contributed by atoms with Gasteiger partial charge < -0.3 is 10.7 Å². The molecule has 0 atom stereocenters. The molecule has 0 amide bonds. The third-order valence-corrected chi connectivity index (χ3v) is 3.46. The number of nitrogens with two attached hydrogens (primary N) is 1. The second-order valence-electron chi connectivity index (χ2n) is 3.56. The van der Waals surface area contributed by atoms with Crippen LogP contribution in [-0.4, -0.2) is 19.9 Å². The van der Waals surface area contributed by atoms with Crippen molar-refractivity contribution in [3.05, 3.63) is 36.7 Å². The first-order valence-electron chi connectivity index (χ1n) is 5.11. The Morgan fingerprint density at radius 1 is 1.22 bits per heavy atom. The van der Waals surface area contributed by atoms with Crippen LogP contribution < -0.4 is 5.73 Å². The summed E-state index contributed by atoms with van der Waals surface area (Å²) in [4.78, 5) is 15.9. The van der Waals surface area contributed by atoms with Gasteiger partial charge in [-0.15, -0.1) is 0 Å². The summed E-state index contributed by atoms with van der Waals surface area (Å²) in [5.74, 6) is -0.355. The molecule has 0 unspecified atom stereocenters. The van der Waals surface area contributed by atoms with Gasteiger partial charge in [0, 0.05) is 10.6 Å². The summed E-state index contributed by atoms with van der Waals surface area (Å²) in [6.07, 6.45) is 2.99. The molecule has 0 saturated carbocycles. The lowest BCUT2D eigenvalue weighted by molar-refractivity contribution is 0.627. The summed E-state index contributed by atoms with van der Waals surface area (Å²) < 4.78 is 13.0. The molecule has 0 bridgehead atoms. The number of aromatic amines is 1. The van der Waals surface area contributed by atoms with Crippen LogP contribution in [0, 0.1) is 5.82 Å². The molecule has 0 spiro atoms. The third kappa shape index (κ3) is 1.88. The molecule has 0 fully saturated rings. The van der Waals surface area contributed by atoms with Crippen molar-refractivity contribution in [2.45, 2.75) is 9.92 Å². The first-order chi connectivity index (χ1) is 8.74. The lowest BCUT2D eigenvalue weighted by atomic mass is 10.3. The second-order valence-corrected chi connectivity index (χ2v) is 4.59. The zero-order valence-electron chi connectivity index (χ0n) is 9.09. The maximum absolute atomic E-state index is 13.0. The van der Waals surface area contributed by atoms with E-state index in [1.165, 1.54) is 30.2 Å². The van der Waals surface area contributed by atoms with Gasteiger partial charge in [-0.05, 0) is 18.2 Å². The Balaban J connectivity index is 2.03. The molecule has 3 rings (SSSR count). The van der Waals surface area contributed by atoms with Gasteiger partial charge in [-0.2, -0.15) is 0 Å². The van der Waals surface area contributed by atoms with Crippen LogP contribution in [0.4, 0.5) is 10.1 Å². The predicted octanol–water partition coefficient (Wildman–Crippen LogP) is 2.23. The number of fused-ring (bicyclic) bond motifs is 1. The summed E-state index contributed by atoms with van der Waals surface area (Å²) in [6, 6.07) is 4.28. The number of H-pyrrole nitrogens is 1. The van der Waals surface area contributed by atoms with Crippen molar-refractivity contribution >= 4 is 28.6 Å². The van der Waals surface area contributed by atoms with Crippen molar-refractivity contribution in [2.75, 3.05) is 5.73 Å². The summed E-state index contributed by atoms with van der Waals surface area (Å²) in [7, 11) is 0. The van der Waals surface area contributed by atoms with Gasteiger partial charge in [0.15, 0.2) is 5.65 Å². The Kier molecular flexibility index (Phi) is 2.60. The molecule has 2 aromatic heterocycles. The van der Waals surface area contributed by atoms with Crippen LogP contribution in [0.5, 0.6) is 0 Å². The number of nitrogens with zero attached hydrogens (tertiary/aromatic N) is 3. The Hall–Kier alpha value is -2.15. The molecule has 0 radical (unpaired) electrons. The van der Waals surface area contributed by atoms with Crippen LogP contribution in [0.2, 0.25) is 0 Å². The van der Waals surface area contributed by atoms with E-state index in [-0.39, 0.29) is 5.82 Å². The molecule has 0 aliphatic heterocycles. The first-order valence-corrected chi connectivity index (χ1v) is 5.92. The van der Waals surface area contributed by atoms with Gasteiger partial charge in [0.2, 0.25) is 0 Å². The highest BCUT2D eigenvalue weighted by molar-refractivity contribution is 7.99. The highest BCUT2D eigenvalue weighted by Gasteiger charge is 2.09. The molecule has 5 nitrogen and oxygen atoms in total. The fraction of sp³-hybridized carbons (Fsp3) is 0. The number of benzene rings is 1. The summed E-state index contributed by atoms with van der Waals surface area (Å²) in [6.45, 7) is 0. The Labute approximate surface area is 106 Å². The monoisotopic (exact) mass is 261 g/mol. The van der Waals surface area contributed by atoms with E-state index in [2.05, 4.69) is 19.9 Å². The Bertz CT molecular complexity index is 711. The van der Waals surface area contributed by atoms with Crippen molar-refractivity contribution in [1.29, 1.82) is 0 Å². The molecule has 0 saturated heterocycles. The predicted molar refractivity (Wildman–Crippen MR) is 66.6 cm³/mol. The van der Waals surface area contributed by atoms with Gasteiger partial charge in [0.1, 0.15) is 22.7 Å². The van der Waals surface area contributed by atoms with E-state index in [0.717, 1.165) is 10.4 Å². The van der Waals surface area contributed by atoms with Crippen LogP contribution in [0.1, 0.15) is 0 Å². The summed E-state index contributed by atoms with van der Waals surface area (Å²) >= 11 is 1.34. The molecular weight excluding hydrogens is 253 g/mol. The molecule has 7 heteroatoms. The highest BCUT2D eigenvalue weighted by atomic mass is 32.2. The van der Waals surface area contributed by atoms with Crippen molar-refractivity contribution in [2.24, 2.45) is 0 Å². The molecule has 18 heavy (non-hydrogen) atoms. The average molecular weight is 261 g/mol. The second kappa shape index (κ2) is 4.26. The quantitative estimate of drug-likeness (QED) is 0.546. The number of nitrogens with one attached hydrogen (secondary N) is 1. The van der Waals surface area contributed by atoms with Crippen LogP contribution in [0.15, 0.2) is 40.8 Å². The molecule has 90 valence electrons. The lowest BCUT2D eigenvalue weighted by Crippen LogP contribution is -1.91. The van der Waals surface area contributed by atoms with Gasteiger partial charge in [-0.1, -0.05) is 11.8 Å². The number of anilines is 1. The van der Waals surface area contributed by atoms with E-state index in [0.29, 0.717) is 16.4 Å². The molecule has 1 aromatic carbocycles. The largest absolute Gasteiger partial charge is 0.398 e. The van der Waals surface area contributed by atoms with Crippen LogP contribution in [-0.2, 0) is 0 Å². The van der Waals surface area contributed by atoms with E-state index in [1.54, 1.807) is 12.4 Å². The number of hydrogen-bond donors (Lipinski definition) is 2. The SMILES string of the molecule is Nc1cc(F)ccc1Sc1ncnc2nc[nH]c12. The average Bonchev–Trinajstić information content (AvgIpc) is 2.82. The van der Waals surface area contributed by atoms with Crippen LogP contribution >= 0.6 is 11.8 Å². The van der Waals surface area contributed by atoms with E-state index < -0.39 is 0 Å². The summed E-state index contributed by atoms with van der Waals surface area (Å²) in [5.41, 5.74) is 7.47. The van der Waals surface area contributed by atoms with E-state index in [1.807, 2.05) is 0 Å². The highest BCUT2D eigenvalue weighted by Crippen LogP contribution is 2.33. The number of rotatable bonds is 2. The standard InChI is InChI=1S/C11H8FN5S/c12-6-1-2-8(7(13)3-6)18-11-9-10(15-4-14-9)16-5-17-11/h1-5H,13H2,(H,14,15,16,17). The fourth-order valence-corrected chi connectivity index (χ4v) is 2.41. The van der Waals surface area contributed by atoms with Crippen molar-refractivity contribution in [1.82, 2.24) is 19.9 Å². The molecular formula is C11H8FN5S. The summed E-state index contributed by atoms with van der Waals surface area (Å²) in [5, 5.41) is 0.704. The number of halogens is 1. The Morgan fingerprint density at radius 2 is 2.11 bits per heavy atom. The topological polar surface area (TPSA) is 80.5 Å². The zero-order valence-corrected chi connectivity index (χ0v) is 9.91. The first kappa shape index (κ1) is 11.0. The maximum Gasteiger partial charge on any atom is 0.181 e. The van der Waals surface area contributed by atoms with Crippen LogP contribution in [0.3, 0.4) is 0 Å². The maximum atomic E-state index is 13.0. The van der Waals surface area contributed by atoms with Crippen molar-refractivity contribution in [3.8, 4) is 0 Å². The van der Waals surface area contributed by atoms with E-state index in [9.17, 15) is 4.39 Å². The van der Waals surface area contributed by atoms with Crippen molar-refractivity contribution in [3.63, 3.8) is 0 Å². The molecule has 3 N–H and O–H groups in total. The third-order valence-electron chi connectivity index (χ3n) is 2.37. The molecule has 3 aromatic rings. The van der Waals surface area contributed by atoms with E-state index in [4.69, 9.17) is 5.73 Å². The minimum Gasteiger partial charge on any atom is -0.398 e. The molecule has 0 aliphatic rings. The Morgan fingerprint density at radius 3 is 2.94 bits per heavy atom. The van der Waals surface area contributed by atoms with Crippen molar-refractivity contribution < 1.29 is 4.39 Å². The minimum absolute atomic E-state index is 0.355. The smallest absolute Gasteiger partial charge is 0.181 e. The van der Waals surface area contributed by atoms with Gasteiger partial charge in [0.25, 0.3) is 0 Å².